The molecule has 3 N–H and O–H groups in total. The van der Waals surface area contributed by atoms with Crippen LogP contribution in [0.5, 0.6) is 0 Å². The van der Waals surface area contributed by atoms with E-state index in [1.54, 1.807) is 93.2 Å². The van der Waals surface area contributed by atoms with E-state index in [4.69, 9.17) is 16.1 Å². The molecule has 0 bridgehead atoms. The van der Waals surface area contributed by atoms with Gasteiger partial charge in [-0.1, -0.05) is 34.5 Å². The van der Waals surface area contributed by atoms with Gasteiger partial charge in [0.25, 0.3) is 30.1 Å². The monoisotopic (exact) mass is 1500 g/mol. The van der Waals surface area contributed by atoms with Crippen molar-refractivity contribution in [3.8, 4) is 0 Å². The topological polar surface area (TPSA) is 298 Å². The number of aromatic nitrogens is 3. The van der Waals surface area contributed by atoms with Gasteiger partial charge in [0.2, 0.25) is 33.6 Å². The molecule has 0 unspecified atom stereocenters. The minimum Gasteiger partial charge on any atom is -0.359 e. The van der Waals surface area contributed by atoms with E-state index in [1.807, 2.05) is 23.1 Å². The molecule has 6 aliphatic heterocycles. The van der Waals surface area contributed by atoms with Gasteiger partial charge in [0.05, 0.1) is 25.3 Å². The number of carbonyl (C=O) groups is 3. The highest BCUT2D eigenvalue weighted by Crippen LogP contribution is 2.40. The molecule has 32 heteroatoms. The van der Waals surface area contributed by atoms with Crippen molar-refractivity contribution >= 4 is 142 Å². The zero-order chi connectivity index (χ0) is 71.1. The molecule has 6 aliphatic rings. The Labute approximate surface area is 601 Å². The molecule has 0 radical (unpaired) electrons. The standard InChI is InChI=1S/C23H23ClN4O4S.C23H25N5O5S3.C23H24N4O3S2.H2/c1-15-13-22(32-25-15)26-33(30,31)19-7-5-18(6-8-19)27-12-10-21(23(27)29)28-11-2-3-16-14-17(24)4-9-20(16)28;1-26(2)36(32,33)19-7-8-20-16(15-19)9-12-28(20)21-10-13-27(22(21)29)17-3-5-18(6-4-17)35(30,31)25-23-24-11-14-34-23;1-16-4-9-20-17(15-16)3-2-12-27(20)21-10-13-26(22(21)28)18-5-7-19(8-6-18)32(29,30)25-23-24-11-14-31-23;/h4-9,13-14,21,26H,2-3,10-12H2,1H3;3-8,11,14-15,21H,9-10,12-13H2,1-2H3,(H,24,25);4-9,11,14-15,21H,2-3,10,12-13H2,1H3,(H,24,25);1H/t3*21-;/m001./s1. The highest BCUT2D eigenvalue weighted by Gasteiger charge is 2.42. The molecule has 3 saturated heterocycles. The molecule has 3 aromatic heterocycles. The number of amides is 3. The Balaban J connectivity index is 0.000000144. The van der Waals surface area contributed by atoms with E-state index in [0.717, 1.165) is 67.8 Å². The maximum Gasteiger partial charge on any atom is 0.264 e. The molecular formula is C69H74ClN13O12S6. The van der Waals surface area contributed by atoms with Gasteiger partial charge >= 0.3 is 0 Å². The predicted molar refractivity (Wildman–Crippen MR) is 394 cm³/mol. The van der Waals surface area contributed by atoms with Gasteiger partial charge in [-0.15, -0.1) is 22.7 Å². The maximum atomic E-state index is 13.4. The number of hydrogen-bond acceptors (Lipinski definition) is 20. The van der Waals surface area contributed by atoms with Crippen molar-refractivity contribution in [2.45, 2.75) is 103 Å². The van der Waals surface area contributed by atoms with E-state index >= 15 is 0 Å². The summed E-state index contributed by atoms with van der Waals surface area (Å²) in [5.41, 5.74) is 10.3. The summed E-state index contributed by atoms with van der Waals surface area (Å²) >= 11 is 8.56. The van der Waals surface area contributed by atoms with Crippen LogP contribution in [0, 0.1) is 13.8 Å². The number of nitrogens with one attached hydrogen (secondary N) is 3. The molecule has 25 nitrogen and oxygen atoms in total. The quantitative estimate of drug-likeness (QED) is 0.0763. The summed E-state index contributed by atoms with van der Waals surface area (Å²) in [4.78, 5) is 60.1. The normalized spacial score (nSPS) is 18.4. The molecule has 3 amide bonds. The summed E-state index contributed by atoms with van der Waals surface area (Å²) in [5, 5.41) is 8.38. The lowest BCUT2D eigenvalue weighted by molar-refractivity contribution is -0.119. The summed E-state index contributed by atoms with van der Waals surface area (Å²) in [7, 11) is -11.8. The molecule has 530 valence electrons. The number of benzene rings is 6. The van der Waals surface area contributed by atoms with Gasteiger partial charge in [0, 0.05) is 123 Å². The first-order valence-corrected chi connectivity index (χ1v) is 40.6. The fourth-order valence-electron chi connectivity index (χ4n) is 13.6. The Morgan fingerprint density at radius 2 is 0.891 bits per heavy atom. The van der Waals surface area contributed by atoms with Gasteiger partial charge in [0.15, 0.2) is 10.3 Å². The molecule has 6 aromatic carbocycles. The largest absolute Gasteiger partial charge is 0.359 e. The van der Waals surface area contributed by atoms with Gasteiger partial charge in [-0.2, -0.15) is 0 Å². The summed E-state index contributed by atoms with van der Waals surface area (Å²) in [6.07, 6.45) is 9.80. The lowest BCUT2D eigenvalue weighted by Gasteiger charge is -2.35. The average Bonchev–Trinajstić information content (AvgIpc) is 1.56. The van der Waals surface area contributed by atoms with Crippen molar-refractivity contribution in [1.29, 1.82) is 0 Å². The Morgan fingerprint density at radius 1 is 0.485 bits per heavy atom. The van der Waals surface area contributed by atoms with Crippen LogP contribution in [0.3, 0.4) is 0 Å². The molecule has 9 aromatic rings. The second kappa shape index (κ2) is 28.8. The second-order valence-electron chi connectivity index (χ2n) is 25.2. The number of sulfonamides is 4. The summed E-state index contributed by atoms with van der Waals surface area (Å²) in [6, 6.07) is 37.0. The van der Waals surface area contributed by atoms with Crippen LogP contribution >= 0.6 is 34.3 Å². The minimum absolute atomic E-state index is 0. The molecule has 0 aliphatic carbocycles. The average molecular weight is 1510 g/mol. The van der Waals surface area contributed by atoms with Crippen molar-refractivity contribution in [2.24, 2.45) is 0 Å². The first-order valence-electron chi connectivity index (χ1n) is 32.6. The number of thiazole rings is 2. The highest BCUT2D eigenvalue weighted by molar-refractivity contribution is 7.93. The molecule has 3 atom stereocenters. The number of halogens is 1. The predicted octanol–water partition coefficient (Wildman–Crippen LogP) is 10.4. The van der Waals surface area contributed by atoms with Crippen LogP contribution in [-0.2, 0) is 73.7 Å². The Hall–Kier alpha value is -8.95. The summed E-state index contributed by atoms with van der Waals surface area (Å²) in [5.74, 6) is 0.0696. The van der Waals surface area contributed by atoms with E-state index in [9.17, 15) is 48.1 Å². The van der Waals surface area contributed by atoms with Crippen LogP contribution in [0.25, 0.3) is 0 Å². The second-order valence-corrected chi connectivity index (χ2v) is 34.6. The third-order valence-corrected chi connectivity index (χ3v) is 26.3. The smallest absolute Gasteiger partial charge is 0.264 e. The number of aryl methyl sites for hydroxylation is 4. The van der Waals surface area contributed by atoms with Crippen molar-refractivity contribution in [3.63, 3.8) is 0 Å². The van der Waals surface area contributed by atoms with Crippen molar-refractivity contribution in [3.05, 3.63) is 190 Å². The third-order valence-electron chi connectivity index (χ3n) is 18.6. The fourth-order valence-corrected chi connectivity index (χ4v) is 19.3. The Kier molecular flexibility index (Phi) is 20.1. The van der Waals surface area contributed by atoms with Crippen LogP contribution in [0.1, 0.15) is 61.5 Å². The van der Waals surface area contributed by atoms with Gasteiger partial charge in [-0.3, -0.25) is 23.8 Å². The van der Waals surface area contributed by atoms with E-state index in [1.165, 1.54) is 106 Å². The minimum atomic E-state index is -3.82. The van der Waals surface area contributed by atoms with E-state index < -0.39 is 40.1 Å². The van der Waals surface area contributed by atoms with Crippen LogP contribution in [-0.4, -0.2) is 142 Å². The van der Waals surface area contributed by atoms with Gasteiger partial charge in [-0.05, 0) is 197 Å². The lowest BCUT2D eigenvalue weighted by Crippen LogP contribution is -2.44. The number of anilines is 9. The molecular weight excluding hydrogens is 1430 g/mol. The molecule has 0 spiro atoms. The molecule has 3 fully saturated rings. The van der Waals surface area contributed by atoms with E-state index in [0.29, 0.717) is 78.4 Å². The first kappa shape index (κ1) is 70.5. The van der Waals surface area contributed by atoms with Gasteiger partial charge in [-0.25, -0.2) is 52.7 Å². The maximum absolute atomic E-state index is 13.4. The highest BCUT2D eigenvalue weighted by atomic mass is 35.5. The fraction of sp³-hybridized carbons (Fsp3) is 0.304. The summed E-state index contributed by atoms with van der Waals surface area (Å²) in [6.45, 7) is 7.82. The number of rotatable bonds is 17. The molecule has 15 rings (SSSR count). The molecule has 9 heterocycles. The summed E-state index contributed by atoms with van der Waals surface area (Å²) < 4.78 is 114. The van der Waals surface area contributed by atoms with Crippen molar-refractivity contribution in [2.75, 3.05) is 96.9 Å². The molecule has 101 heavy (non-hydrogen) atoms. The van der Waals surface area contributed by atoms with Crippen molar-refractivity contribution < 1.29 is 54.0 Å². The zero-order valence-electron chi connectivity index (χ0n) is 55.3. The van der Waals surface area contributed by atoms with E-state index in [2.05, 4.69) is 64.2 Å². The van der Waals surface area contributed by atoms with Crippen LogP contribution in [0.15, 0.2) is 181 Å². The lowest BCUT2D eigenvalue weighted by atomic mass is 9.97. The van der Waals surface area contributed by atoms with Crippen LogP contribution < -0.4 is 43.6 Å². The number of carbonyl (C=O) groups excluding carboxylic acids is 3. The van der Waals surface area contributed by atoms with Crippen LogP contribution in [0.2, 0.25) is 5.02 Å². The first-order chi connectivity index (χ1) is 48.3. The number of hydrogen-bond donors (Lipinski definition) is 3. The zero-order valence-corrected chi connectivity index (χ0v) is 61.0. The van der Waals surface area contributed by atoms with Crippen LogP contribution in [0.4, 0.5) is 50.3 Å². The molecule has 0 saturated carbocycles. The number of nitrogens with zero attached hydrogens (tertiary/aromatic N) is 10. The SMILES string of the molecule is CN(C)S(=O)(=O)c1ccc2c(c1)CCN2[C@H]1CCN(c2ccc(S(=O)(=O)Nc3nccs3)cc2)C1=O.Cc1cc(NS(=O)(=O)c2ccc(N3CC[C@H](N4CCCc5cc(Cl)ccc54)C3=O)cc2)on1.Cc1ccc2c(c1)CCCN2[C@@H]1CCN(c2ccc(S(=O)(=O)Nc3nccs3)cc2)C1=O.[HH]. The number of fused-ring (bicyclic) bond motifs is 3. The van der Waals surface area contributed by atoms with Gasteiger partial charge < -0.3 is 33.9 Å². The third kappa shape index (κ3) is 14.9. The van der Waals surface area contributed by atoms with Gasteiger partial charge in [0.1, 0.15) is 18.1 Å². The Morgan fingerprint density at radius 3 is 1.32 bits per heavy atom. The van der Waals surface area contributed by atoms with E-state index in [-0.39, 0.29) is 67.9 Å². The Bertz CT molecular complexity index is 5060. The van der Waals surface area contributed by atoms with Crippen molar-refractivity contribution in [1.82, 2.24) is 19.4 Å².